The van der Waals surface area contributed by atoms with Crippen LogP contribution in [-0.4, -0.2) is 50.5 Å². The number of amides is 2. The monoisotopic (exact) mass is 562 g/mol. The minimum atomic E-state index is -0.262. The van der Waals surface area contributed by atoms with Crippen molar-refractivity contribution in [2.75, 3.05) is 19.0 Å². The summed E-state index contributed by atoms with van der Waals surface area (Å²) >= 11 is 1.60. The van der Waals surface area contributed by atoms with E-state index in [1.165, 1.54) is 4.90 Å². The third kappa shape index (κ3) is 5.17. The molecule has 0 unspecified atom stereocenters. The van der Waals surface area contributed by atoms with Crippen molar-refractivity contribution in [1.29, 1.82) is 0 Å². The number of rotatable bonds is 8. The third-order valence-corrected chi connectivity index (χ3v) is 7.92. The van der Waals surface area contributed by atoms with Gasteiger partial charge in [0, 0.05) is 18.2 Å². The molecule has 0 spiro atoms. The van der Waals surface area contributed by atoms with Gasteiger partial charge in [-0.2, -0.15) is 5.10 Å². The van der Waals surface area contributed by atoms with Crippen LogP contribution < -0.4 is 10.1 Å². The van der Waals surface area contributed by atoms with Gasteiger partial charge in [-0.1, -0.05) is 36.4 Å². The fourth-order valence-corrected chi connectivity index (χ4v) is 5.89. The first kappa shape index (κ1) is 26.3. The Morgan fingerprint density at radius 3 is 2.41 bits per heavy atom. The maximum absolute atomic E-state index is 12.6. The van der Waals surface area contributed by atoms with Crippen LogP contribution in [0.1, 0.15) is 42.4 Å². The Labute approximate surface area is 240 Å². The van der Waals surface area contributed by atoms with Crippen LogP contribution in [0.5, 0.6) is 5.75 Å². The van der Waals surface area contributed by atoms with Crippen LogP contribution >= 0.6 is 11.3 Å². The zero-order chi connectivity index (χ0) is 28.5. The molecular weight excluding hydrogens is 536 g/mol. The topological polar surface area (TPSA) is 110 Å². The van der Waals surface area contributed by atoms with Crippen molar-refractivity contribution < 1.29 is 14.3 Å². The summed E-state index contributed by atoms with van der Waals surface area (Å²) in [5, 5.41) is 12.5. The van der Waals surface area contributed by atoms with E-state index in [1.807, 2.05) is 56.3 Å². The van der Waals surface area contributed by atoms with E-state index in [0.29, 0.717) is 29.3 Å². The zero-order valence-electron chi connectivity index (χ0n) is 22.7. The van der Waals surface area contributed by atoms with E-state index >= 15 is 0 Å². The molecule has 10 heteroatoms. The van der Waals surface area contributed by atoms with Gasteiger partial charge in [-0.05, 0) is 54.8 Å². The van der Waals surface area contributed by atoms with Crippen LogP contribution in [0.3, 0.4) is 0 Å². The number of carbonyl (C=O) groups is 2. The smallest absolute Gasteiger partial charge is 0.261 e. The van der Waals surface area contributed by atoms with Gasteiger partial charge in [0.05, 0.1) is 46.9 Å². The van der Waals surface area contributed by atoms with E-state index < -0.39 is 0 Å². The fraction of sp³-hybridized carbons (Fsp3) is 0.161. The molecule has 3 aromatic carbocycles. The minimum absolute atomic E-state index is 0.208. The van der Waals surface area contributed by atoms with Crippen molar-refractivity contribution in [3.05, 3.63) is 99.7 Å². The zero-order valence-corrected chi connectivity index (χ0v) is 23.5. The molecular formula is C31H26N6O3S. The molecule has 0 aliphatic carbocycles. The molecule has 0 radical (unpaired) electrons. The molecule has 204 valence electrons. The van der Waals surface area contributed by atoms with Crippen molar-refractivity contribution in [3.8, 4) is 17.0 Å². The molecule has 0 saturated carbocycles. The number of methoxy groups -OCH3 is 1. The summed E-state index contributed by atoms with van der Waals surface area (Å²) in [4.78, 5) is 35.9. The first-order chi connectivity index (χ1) is 19.9. The van der Waals surface area contributed by atoms with Crippen molar-refractivity contribution in [3.63, 3.8) is 0 Å². The van der Waals surface area contributed by atoms with E-state index in [9.17, 15) is 9.59 Å². The van der Waals surface area contributed by atoms with E-state index in [1.54, 1.807) is 48.9 Å². The van der Waals surface area contributed by atoms with Crippen molar-refractivity contribution >= 4 is 45.4 Å². The van der Waals surface area contributed by atoms with Gasteiger partial charge in [0.25, 0.3) is 11.8 Å². The van der Waals surface area contributed by atoms with Crippen LogP contribution in [0, 0.1) is 13.8 Å². The number of carbonyl (C=O) groups excluding carboxylic acids is 2. The summed E-state index contributed by atoms with van der Waals surface area (Å²) in [6.45, 7) is 4.73. The lowest BCUT2D eigenvalue weighted by molar-refractivity contribution is 0.0672. The largest absolute Gasteiger partial charge is 0.497 e. The SMILES string of the molecule is COc1ccc2sc(CNc3nncc(-c4c(C)cc(C=CCN5C(=O)c6ccccc6C5=O)cc4C)n3)nc2c1. The minimum Gasteiger partial charge on any atom is -0.497 e. The summed E-state index contributed by atoms with van der Waals surface area (Å²) in [5.74, 6) is 0.671. The second-order valence-electron chi connectivity index (χ2n) is 9.66. The number of aromatic nitrogens is 4. The Kier molecular flexibility index (Phi) is 6.98. The standard InChI is InChI=1S/C31H26N6O3S/c1-18-13-20(7-6-12-37-29(38)22-8-4-5-9-23(22)30(37)39)14-19(2)28(18)25-16-33-36-31(35-25)32-17-27-34-24-15-21(40-3)10-11-26(24)41-27/h4-11,13-16H,12,17H2,1-3H3,(H,32,35,36). The lowest BCUT2D eigenvalue weighted by Gasteiger charge is -2.12. The molecule has 2 aromatic heterocycles. The Balaban J connectivity index is 1.15. The predicted molar refractivity (Wildman–Crippen MR) is 159 cm³/mol. The maximum atomic E-state index is 12.6. The number of hydrogen-bond donors (Lipinski definition) is 1. The molecule has 3 heterocycles. The lowest BCUT2D eigenvalue weighted by atomic mass is 9.97. The summed E-state index contributed by atoms with van der Waals surface area (Å²) in [7, 11) is 1.64. The maximum Gasteiger partial charge on any atom is 0.261 e. The molecule has 0 fully saturated rings. The van der Waals surface area contributed by atoms with Gasteiger partial charge in [0.15, 0.2) is 0 Å². The van der Waals surface area contributed by atoms with Crippen molar-refractivity contribution in [2.45, 2.75) is 20.4 Å². The number of thiazole rings is 1. The van der Waals surface area contributed by atoms with Gasteiger partial charge in [0.2, 0.25) is 5.95 Å². The number of ether oxygens (including phenoxy) is 1. The van der Waals surface area contributed by atoms with E-state index in [0.717, 1.165) is 43.2 Å². The van der Waals surface area contributed by atoms with Gasteiger partial charge >= 0.3 is 0 Å². The number of nitrogens with one attached hydrogen (secondary N) is 1. The first-order valence-electron chi connectivity index (χ1n) is 13.0. The Bertz CT molecular complexity index is 1790. The predicted octanol–water partition coefficient (Wildman–Crippen LogP) is 5.70. The number of imide groups is 1. The average molecular weight is 563 g/mol. The number of hydrogen-bond acceptors (Lipinski definition) is 9. The van der Waals surface area contributed by atoms with Crippen LogP contribution in [0.2, 0.25) is 0 Å². The van der Waals surface area contributed by atoms with Crippen LogP contribution in [0.4, 0.5) is 5.95 Å². The van der Waals surface area contributed by atoms with Crippen LogP contribution in [0.25, 0.3) is 27.6 Å². The van der Waals surface area contributed by atoms with E-state index in [-0.39, 0.29) is 18.4 Å². The highest BCUT2D eigenvalue weighted by Crippen LogP contribution is 2.29. The highest BCUT2D eigenvalue weighted by molar-refractivity contribution is 7.18. The fourth-order valence-electron chi connectivity index (χ4n) is 5.01. The highest BCUT2D eigenvalue weighted by Gasteiger charge is 2.34. The van der Waals surface area contributed by atoms with Crippen LogP contribution in [-0.2, 0) is 6.54 Å². The number of aryl methyl sites for hydroxylation is 2. The van der Waals surface area contributed by atoms with Gasteiger partial charge in [-0.15, -0.1) is 16.4 Å². The first-order valence-corrected chi connectivity index (χ1v) is 13.8. The van der Waals surface area contributed by atoms with Gasteiger partial charge in [0.1, 0.15) is 10.8 Å². The van der Waals surface area contributed by atoms with Crippen molar-refractivity contribution in [1.82, 2.24) is 25.1 Å². The summed E-state index contributed by atoms with van der Waals surface area (Å²) in [6.07, 6.45) is 5.41. The number of benzene rings is 3. The molecule has 1 aliphatic heterocycles. The molecule has 0 saturated heterocycles. The molecule has 0 bridgehead atoms. The van der Waals surface area contributed by atoms with Crippen LogP contribution in [0.15, 0.2) is 66.9 Å². The number of anilines is 1. The average Bonchev–Trinajstić information content (AvgIpc) is 3.49. The Morgan fingerprint density at radius 1 is 0.976 bits per heavy atom. The molecule has 1 N–H and O–H groups in total. The molecule has 2 amide bonds. The molecule has 1 aliphatic rings. The molecule has 5 aromatic rings. The quantitative estimate of drug-likeness (QED) is 0.240. The molecule has 41 heavy (non-hydrogen) atoms. The highest BCUT2D eigenvalue weighted by atomic mass is 32.1. The second-order valence-corrected chi connectivity index (χ2v) is 10.8. The van der Waals surface area contributed by atoms with E-state index in [2.05, 4.69) is 20.5 Å². The Hall–Kier alpha value is -4.96. The second kappa shape index (κ2) is 10.9. The molecule has 9 nitrogen and oxygen atoms in total. The summed E-state index contributed by atoms with van der Waals surface area (Å²) in [6, 6.07) is 16.8. The summed E-state index contributed by atoms with van der Waals surface area (Å²) < 4.78 is 6.38. The Morgan fingerprint density at radius 2 is 1.71 bits per heavy atom. The van der Waals surface area contributed by atoms with Gasteiger partial charge in [-0.3, -0.25) is 14.5 Å². The van der Waals surface area contributed by atoms with Crippen molar-refractivity contribution in [2.24, 2.45) is 0 Å². The van der Waals surface area contributed by atoms with E-state index in [4.69, 9.17) is 9.72 Å². The summed E-state index contributed by atoms with van der Waals surface area (Å²) in [5.41, 5.74) is 6.51. The molecule has 6 rings (SSSR count). The van der Waals surface area contributed by atoms with Gasteiger partial charge < -0.3 is 10.1 Å². The number of nitrogens with zero attached hydrogens (tertiary/aromatic N) is 5. The number of fused-ring (bicyclic) bond motifs is 2. The van der Waals surface area contributed by atoms with Gasteiger partial charge in [-0.25, -0.2) is 9.97 Å². The lowest BCUT2D eigenvalue weighted by Crippen LogP contribution is -2.29. The third-order valence-electron chi connectivity index (χ3n) is 6.88. The molecule has 0 atom stereocenters. The normalized spacial score (nSPS) is 12.9.